The minimum Gasteiger partial charge on any atom is -1.00 e. The van der Waals surface area contributed by atoms with Gasteiger partial charge in [0.15, 0.2) is 5.13 Å². The number of aromatic amines is 1. The molecule has 0 saturated carbocycles. The number of esters is 1. The molecule has 2 heterocycles. The highest BCUT2D eigenvalue weighted by atomic mass is 35.5. The molecule has 2 aromatic heterocycles. The number of nitrogens with one attached hydrogen (secondary N) is 1. The molecule has 0 aromatic carbocycles. The normalized spacial score (nSPS) is 10.1. The first-order valence-electron chi connectivity index (χ1n) is 5.62. The molecule has 3 N–H and O–H groups in total. The molecule has 0 radical (unpaired) electrons. The number of thiazole rings is 1. The van der Waals surface area contributed by atoms with Gasteiger partial charge in [-0.1, -0.05) is 0 Å². The minimum absolute atomic E-state index is 0. The van der Waals surface area contributed by atoms with Crippen molar-refractivity contribution in [1.82, 2.24) is 9.97 Å². The maximum atomic E-state index is 11.9. The largest absolute Gasteiger partial charge is 1.00 e. The SMILES string of the molecule is CCOC(=O)c1c(C)[nH]c(-c2csc(N)n2)c1C.[Cl-]. The van der Waals surface area contributed by atoms with Crippen molar-refractivity contribution in [2.24, 2.45) is 0 Å². The monoisotopic (exact) mass is 300 g/mol. The van der Waals surface area contributed by atoms with Crippen molar-refractivity contribution in [2.75, 3.05) is 12.3 Å². The highest BCUT2D eigenvalue weighted by Gasteiger charge is 2.20. The zero-order chi connectivity index (χ0) is 13.3. The van der Waals surface area contributed by atoms with Crippen LogP contribution in [0, 0.1) is 13.8 Å². The Balaban J connectivity index is 0.00000180. The molecule has 0 saturated heterocycles. The molecule has 0 atom stereocenters. The van der Waals surface area contributed by atoms with Gasteiger partial charge in [0.1, 0.15) is 5.69 Å². The van der Waals surface area contributed by atoms with E-state index in [-0.39, 0.29) is 18.4 Å². The van der Waals surface area contributed by atoms with Gasteiger partial charge >= 0.3 is 5.97 Å². The topological polar surface area (TPSA) is 81.0 Å². The molecule has 0 amide bonds. The summed E-state index contributed by atoms with van der Waals surface area (Å²) in [6, 6.07) is 0. The third-order valence-electron chi connectivity index (χ3n) is 2.70. The summed E-state index contributed by atoms with van der Waals surface area (Å²) in [6.07, 6.45) is 0. The van der Waals surface area contributed by atoms with E-state index in [0.717, 1.165) is 22.6 Å². The standard InChI is InChI=1S/C12H15N3O2S.ClH/c1-4-17-11(16)9-6(2)10(14-7(9)3)8-5-18-12(13)15-8;/h5,14H,4H2,1-3H3,(H2,13,15);1H/p-1. The third kappa shape index (κ3) is 2.90. The number of aromatic nitrogens is 2. The summed E-state index contributed by atoms with van der Waals surface area (Å²) < 4.78 is 5.04. The molecule has 2 rings (SSSR count). The first kappa shape index (κ1) is 15.5. The number of nitrogen functional groups attached to an aromatic ring is 1. The van der Waals surface area contributed by atoms with Crippen LogP contribution in [0.15, 0.2) is 5.38 Å². The molecule has 2 aromatic rings. The smallest absolute Gasteiger partial charge is 0.340 e. The van der Waals surface area contributed by atoms with Gasteiger partial charge in [-0.2, -0.15) is 0 Å². The minimum atomic E-state index is -0.307. The van der Waals surface area contributed by atoms with Gasteiger partial charge in [-0.05, 0) is 26.3 Å². The van der Waals surface area contributed by atoms with Gasteiger partial charge in [0.2, 0.25) is 0 Å². The summed E-state index contributed by atoms with van der Waals surface area (Å²) in [6.45, 7) is 5.87. The average Bonchev–Trinajstić information content (AvgIpc) is 2.83. The highest BCUT2D eigenvalue weighted by molar-refractivity contribution is 7.13. The molecule has 0 fully saturated rings. The van der Waals surface area contributed by atoms with E-state index in [4.69, 9.17) is 10.5 Å². The first-order chi connectivity index (χ1) is 8.54. The molecule has 7 heteroatoms. The van der Waals surface area contributed by atoms with Crippen LogP contribution in [0.25, 0.3) is 11.4 Å². The van der Waals surface area contributed by atoms with Crippen molar-refractivity contribution in [3.05, 3.63) is 22.2 Å². The Morgan fingerprint density at radius 1 is 1.53 bits per heavy atom. The second-order valence-electron chi connectivity index (χ2n) is 3.92. The number of aryl methyl sites for hydroxylation is 1. The Bertz CT molecular complexity index is 592. The number of hydrogen-bond donors (Lipinski definition) is 2. The lowest BCUT2D eigenvalue weighted by molar-refractivity contribution is -0.0000225. The maximum absolute atomic E-state index is 11.9. The van der Waals surface area contributed by atoms with Gasteiger partial charge < -0.3 is 27.9 Å². The zero-order valence-electron chi connectivity index (χ0n) is 10.9. The van der Waals surface area contributed by atoms with Crippen LogP contribution >= 0.6 is 11.3 Å². The third-order valence-corrected chi connectivity index (χ3v) is 3.37. The average molecular weight is 301 g/mol. The number of nitrogens with two attached hydrogens (primary N) is 1. The van der Waals surface area contributed by atoms with Gasteiger partial charge in [-0.25, -0.2) is 9.78 Å². The maximum Gasteiger partial charge on any atom is 0.340 e. The van der Waals surface area contributed by atoms with E-state index in [1.165, 1.54) is 11.3 Å². The van der Waals surface area contributed by atoms with Crippen LogP contribution in [0.5, 0.6) is 0 Å². The number of rotatable bonds is 3. The van der Waals surface area contributed by atoms with Gasteiger partial charge in [-0.3, -0.25) is 0 Å². The number of carbonyl (C=O) groups is 1. The number of hydrogen-bond acceptors (Lipinski definition) is 5. The Labute approximate surface area is 121 Å². The van der Waals surface area contributed by atoms with Crippen LogP contribution in [-0.2, 0) is 4.74 Å². The van der Waals surface area contributed by atoms with E-state index in [1.54, 1.807) is 6.92 Å². The number of H-pyrrole nitrogens is 1. The number of anilines is 1. The summed E-state index contributed by atoms with van der Waals surface area (Å²) in [5, 5.41) is 2.37. The molecule has 0 aliphatic heterocycles. The van der Waals surface area contributed by atoms with Gasteiger partial charge in [0, 0.05) is 11.1 Å². The van der Waals surface area contributed by atoms with E-state index < -0.39 is 0 Å². The Morgan fingerprint density at radius 3 is 2.74 bits per heavy atom. The van der Waals surface area contributed by atoms with Crippen molar-refractivity contribution in [1.29, 1.82) is 0 Å². The van der Waals surface area contributed by atoms with Crippen molar-refractivity contribution in [3.8, 4) is 11.4 Å². The van der Waals surface area contributed by atoms with E-state index in [9.17, 15) is 4.79 Å². The predicted octanol–water partition coefficient (Wildman–Crippen LogP) is -0.482. The highest BCUT2D eigenvalue weighted by Crippen LogP contribution is 2.29. The van der Waals surface area contributed by atoms with Gasteiger partial charge in [-0.15, -0.1) is 11.3 Å². The molecule has 0 aliphatic carbocycles. The number of ether oxygens (including phenoxy) is 1. The molecular formula is C12H15ClN3O2S-. The quantitative estimate of drug-likeness (QED) is 0.750. The van der Waals surface area contributed by atoms with Crippen LogP contribution < -0.4 is 18.1 Å². The van der Waals surface area contributed by atoms with Gasteiger partial charge in [0.05, 0.1) is 17.9 Å². The molecular weight excluding hydrogens is 286 g/mol. The fraction of sp³-hybridized carbons (Fsp3) is 0.333. The van der Waals surface area contributed by atoms with Crippen molar-refractivity contribution in [2.45, 2.75) is 20.8 Å². The Hall–Kier alpha value is -1.53. The Kier molecular flexibility index (Phi) is 4.97. The molecule has 0 bridgehead atoms. The van der Waals surface area contributed by atoms with Crippen LogP contribution in [-0.4, -0.2) is 22.5 Å². The van der Waals surface area contributed by atoms with E-state index in [2.05, 4.69) is 9.97 Å². The van der Waals surface area contributed by atoms with Crippen LogP contribution in [0.4, 0.5) is 5.13 Å². The second-order valence-corrected chi connectivity index (χ2v) is 4.81. The number of carbonyl (C=O) groups excluding carboxylic acids is 1. The molecule has 0 aliphatic rings. The van der Waals surface area contributed by atoms with Crippen LogP contribution in [0.2, 0.25) is 0 Å². The number of halogens is 1. The molecule has 5 nitrogen and oxygen atoms in total. The molecule has 19 heavy (non-hydrogen) atoms. The van der Waals surface area contributed by atoms with Crippen molar-refractivity contribution in [3.63, 3.8) is 0 Å². The van der Waals surface area contributed by atoms with Crippen molar-refractivity contribution < 1.29 is 21.9 Å². The van der Waals surface area contributed by atoms with E-state index >= 15 is 0 Å². The fourth-order valence-electron chi connectivity index (χ4n) is 1.92. The second kappa shape index (κ2) is 6.08. The lowest BCUT2D eigenvalue weighted by Crippen LogP contribution is -3.00. The van der Waals surface area contributed by atoms with Crippen molar-refractivity contribution >= 4 is 22.4 Å². The molecule has 0 spiro atoms. The zero-order valence-corrected chi connectivity index (χ0v) is 12.5. The Morgan fingerprint density at radius 2 is 2.21 bits per heavy atom. The predicted molar refractivity (Wildman–Crippen MR) is 71.7 cm³/mol. The summed E-state index contributed by atoms with van der Waals surface area (Å²) >= 11 is 1.37. The lowest BCUT2D eigenvalue weighted by atomic mass is 10.1. The summed E-state index contributed by atoms with van der Waals surface area (Å²) in [5.74, 6) is -0.307. The first-order valence-corrected chi connectivity index (χ1v) is 6.50. The van der Waals surface area contributed by atoms with E-state index in [1.807, 2.05) is 19.2 Å². The molecule has 104 valence electrons. The molecule has 0 unspecified atom stereocenters. The summed E-state index contributed by atoms with van der Waals surface area (Å²) in [7, 11) is 0. The summed E-state index contributed by atoms with van der Waals surface area (Å²) in [5.41, 5.74) is 9.41. The number of nitrogens with zero attached hydrogens (tertiary/aromatic N) is 1. The van der Waals surface area contributed by atoms with Crippen LogP contribution in [0.3, 0.4) is 0 Å². The lowest BCUT2D eigenvalue weighted by Gasteiger charge is -2.02. The summed E-state index contributed by atoms with van der Waals surface area (Å²) in [4.78, 5) is 19.2. The fourth-order valence-corrected chi connectivity index (χ4v) is 2.47. The van der Waals surface area contributed by atoms with E-state index in [0.29, 0.717) is 17.3 Å². The van der Waals surface area contributed by atoms with Crippen LogP contribution in [0.1, 0.15) is 28.5 Å². The van der Waals surface area contributed by atoms with Gasteiger partial charge in [0.25, 0.3) is 0 Å².